The maximum atomic E-state index is 13.5. The Morgan fingerprint density at radius 2 is 1.66 bits per heavy atom. The molecule has 1 atom stereocenters. The number of amides is 2. The normalized spacial score (nSPS) is 12.3. The van der Waals surface area contributed by atoms with Crippen LogP contribution in [0.1, 0.15) is 44.2 Å². The third-order valence-corrected chi connectivity index (χ3v) is 7.63. The number of aryl methyl sites for hydroxylation is 1. The molecule has 2 aromatic carbocycles. The van der Waals surface area contributed by atoms with E-state index in [1.165, 1.54) is 24.1 Å². The molecule has 0 radical (unpaired) electrons. The van der Waals surface area contributed by atoms with Gasteiger partial charge in [0.1, 0.15) is 11.8 Å². The number of nitrogens with zero attached hydrogens (tertiary/aromatic N) is 2. The van der Waals surface area contributed by atoms with Crippen LogP contribution in [0.2, 0.25) is 0 Å². The minimum Gasteiger partial charge on any atom is -0.497 e. The fourth-order valence-electron chi connectivity index (χ4n) is 3.61. The molecule has 0 unspecified atom stereocenters. The lowest BCUT2D eigenvalue weighted by atomic mass is 10.1. The van der Waals surface area contributed by atoms with Crippen LogP contribution in [-0.2, 0) is 26.2 Å². The minimum atomic E-state index is -3.87. The molecule has 2 rings (SSSR count). The second-order valence-electron chi connectivity index (χ2n) is 8.51. The SMILES string of the molecule is CCCCNC(=O)[C@@H](CC)N(Cc1ccc(OC)cc1)C(=O)CN(C)S(=O)(=O)c1ccc(C)cc1. The topological polar surface area (TPSA) is 96.0 Å². The van der Waals surface area contributed by atoms with E-state index in [4.69, 9.17) is 4.74 Å². The predicted octanol–water partition coefficient (Wildman–Crippen LogP) is 3.35. The molecular formula is C26H37N3O5S. The van der Waals surface area contributed by atoms with Gasteiger partial charge in [0.15, 0.2) is 0 Å². The number of rotatable bonds is 13. The van der Waals surface area contributed by atoms with Crippen molar-refractivity contribution in [2.24, 2.45) is 0 Å². The van der Waals surface area contributed by atoms with Gasteiger partial charge >= 0.3 is 0 Å². The summed E-state index contributed by atoms with van der Waals surface area (Å²) in [4.78, 5) is 28.0. The second kappa shape index (κ2) is 13.3. The average molecular weight is 504 g/mol. The fourth-order valence-corrected chi connectivity index (χ4v) is 4.73. The van der Waals surface area contributed by atoms with E-state index in [1.54, 1.807) is 31.4 Å². The molecule has 0 bridgehead atoms. The van der Waals surface area contributed by atoms with Gasteiger partial charge in [-0.2, -0.15) is 4.31 Å². The Balaban J connectivity index is 2.29. The van der Waals surface area contributed by atoms with E-state index < -0.39 is 22.0 Å². The molecule has 192 valence electrons. The molecule has 0 aliphatic carbocycles. The molecule has 0 heterocycles. The largest absolute Gasteiger partial charge is 0.497 e. The van der Waals surface area contributed by atoms with Crippen molar-refractivity contribution in [2.45, 2.75) is 57.5 Å². The van der Waals surface area contributed by atoms with Gasteiger partial charge in [-0.3, -0.25) is 9.59 Å². The number of likely N-dealkylation sites (N-methyl/N-ethyl adjacent to an activating group) is 1. The maximum Gasteiger partial charge on any atom is 0.243 e. The van der Waals surface area contributed by atoms with E-state index in [2.05, 4.69) is 5.32 Å². The molecule has 0 fully saturated rings. The smallest absolute Gasteiger partial charge is 0.243 e. The van der Waals surface area contributed by atoms with Gasteiger partial charge in [-0.1, -0.05) is 50.1 Å². The number of sulfonamides is 1. The Hall–Kier alpha value is -2.91. The number of hydrogen-bond acceptors (Lipinski definition) is 5. The molecule has 0 aliphatic rings. The zero-order valence-corrected chi connectivity index (χ0v) is 22.1. The molecule has 35 heavy (non-hydrogen) atoms. The fraction of sp³-hybridized carbons (Fsp3) is 0.462. The summed E-state index contributed by atoms with van der Waals surface area (Å²) in [5.41, 5.74) is 1.75. The molecule has 2 amide bonds. The summed E-state index contributed by atoms with van der Waals surface area (Å²) in [6, 6.07) is 13.0. The van der Waals surface area contributed by atoms with E-state index in [0.29, 0.717) is 18.7 Å². The monoisotopic (exact) mass is 503 g/mol. The molecule has 8 nitrogen and oxygen atoms in total. The molecule has 1 N–H and O–H groups in total. The van der Waals surface area contributed by atoms with Gasteiger partial charge in [-0.25, -0.2) is 8.42 Å². The van der Waals surface area contributed by atoms with Crippen LogP contribution < -0.4 is 10.1 Å². The minimum absolute atomic E-state index is 0.115. The lowest BCUT2D eigenvalue weighted by Gasteiger charge is -2.32. The summed E-state index contributed by atoms with van der Waals surface area (Å²) in [6.45, 7) is 6.06. The van der Waals surface area contributed by atoms with Crippen molar-refractivity contribution in [3.8, 4) is 5.75 Å². The van der Waals surface area contributed by atoms with Crippen molar-refractivity contribution in [3.05, 3.63) is 59.7 Å². The standard InChI is InChI=1S/C26H37N3O5S/c1-6-8-17-27-26(31)24(7-2)29(18-21-11-13-22(34-5)14-12-21)25(30)19-28(4)35(32,33)23-15-9-20(3)10-16-23/h9-16,24H,6-8,17-19H2,1-5H3,(H,27,31)/t24-/m1/s1. The van der Waals surface area contributed by atoms with E-state index >= 15 is 0 Å². The number of benzene rings is 2. The van der Waals surface area contributed by atoms with Crippen molar-refractivity contribution >= 4 is 21.8 Å². The number of methoxy groups -OCH3 is 1. The first-order chi connectivity index (χ1) is 16.6. The number of ether oxygens (including phenoxy) is 1. The van der Waals surface area contributed by atoms with E-state index in [0.717, 1.165) is 28.3 Å². The van der Waals surface area contributed by atoms with Gasteiger partial charge in [-0.15, -0.1) is 0 Å². The van der Waals surface area contributed by atoms with Crippen molar-refractivity contribution in [1.29, 1.82) is 0 Å². The second-order valence-corrected chi connectivity index (χ2v) is 10.6. The Morgan fingerprint density at radius 1 is 1.03 bits per heavy atom. The highest BCUT2D eigenvalue weighted by Crippen LogP contribution is 2.19. The first-order valence-electron chi connectivity index (χ1n) is 11.9. The zero-order chi connectivity index (χ0) is 26.0. The van der Waals surface area contributed by atoms with Crippen LogP contribution in [0.3, 0.4) is 0 Å². The summed E-state index contributed by atoms with van der Waals surface area (Å²) in [7, 11) is -0.919. The third-order valence-electron chi connectivity index (χ3n) is 5.81. The number of carbonyl (C=O) groups excluding carboxylic acids is 2. The first kappa shape index (κ1) is 28.3. The van der Waals surface area contributed by atoms with E-state index in [1.807, 2.05) is 32.9 Å². The molecule has 0 aromatic heterocycles. The lowest BCUT2D eigenvalue weighted by Crippen LogP contribution is -2.51. The molecule has 2 aromatic rings. The Labute approximate surface area is 209 Å². The number of unbranched alkanes of at least 4 members (excludes halogenated alkanes) is 1. The van der Waals surface area contributed by atoms with Crippen LogP contribution in [0, 0.1) is 6.92 Å². The lowest BCUT2D eigenvalue weighted by molar-refractivity contribution is -0.141. The highest BCUT2D eigenvalue weighted by molar-refractivity contribution is 7.89. The summed E-state index contributed by atoms with van der Waals surface area (Å²) in [5.74, 6) is -0.0109. The Bertz CT molecular complexity index is 1070. The van der Waals surface area contributed by atoms with Crippen LogP contribution in [0.4, 0.5) is 0 Å². The molecule has 9 heteroatoms. The first-order valence-corrected chi connectivity index (χ1v) is 13.3. The number of nitrogens with one attached hydrogen (secondary N) is 1. The number of carbonyl (C=O) groups is 2. The molecule has 0 saturated carbocycles. The van der Waals surface area contributed by atoms with Crippen molar-refractivity contribution in [3.63, 3.8) is 0 Å². The van der Waals surface area contributed by atoms with Gasteiger partial charge in [0.05, 0.1) is 18.6 Å². The van der Waals surface area contributed by atoms with Crippen molar-refractivity contribution in [1.82, 2.24) is 14.5 Å². The van der Waals surface area contributed by atoms with Gasteiger partial charge in [-0.05, 0) is 49.6 Å². The summed E-state index contributed by atoms with van der Waals surface area (Å²) >= 11 is 0. The third kappa shape index (κ3) is 7.80. The van der Waals surface area contributed by atoms with E-state index in [9.17, 15) is 18.0 Å². The van der Waals surface area contributed by atoms with Gasteiger partial charge < -0.3 is 15.0 Å². The van der Waals surface area contributed by atoms with Crippen molar-refractivity contribution < 1.29 is 22.7 Å². The van der Waals surface area contributed by atoms with Crippen molar-refractivity contribution in [2.75, 3.05) is 27.2 Å². The van der Waals surface area contributed by atoms with Gasteiger partial charge in [0.2, 0.25) is 21.8 Å². The molecule has 0 aliphatic heterocycles. The van der Waals surface area contributed by atoms with Crippen LogP contribution in [0.5, 0.6) is 5.75 Å². The van der Waals surface area contributed by atoms with E-state index in [-0.39, 0.29) is 23.9 Å². The molecule has 0 spiro atoms. The Morgan fingerprint density at radius 3 is 2.20 bits per heavy atom. The van der Waals surface area contributed by atoms with Crippen LogP contribution in [0.15, 0.2) is 53.4 Å². The van der Waals surface area contributed by atoms with Crippen LogP contribution >= 0.6 is 0 Å². The molecule has 0 saturated heterocycles. The quantitative estimate of drug-likeness (QED) is 0.423. The highest BCUT2D eigenvalue weighted by atomic mass is 32.2. The van der Waals surface area contributed by atoms with Crippen LogP contribution in [0.25, 0.3) is 0 Å². The number of hydrogen-bond donors (Lipinski definition) is 1. The molecular weight excluding hydrogens is 466 g/mol. The highest BCUT2D eigenvalue weighted by Gasteiger charge is 2.31. The van der Waals surface area contributed by atoms with Gasteiger partial charge in [0, 0.05) is 20.1 Å². The van der Waals surface area contributed by atoms with Crippen LogP contribution in [-0.4, -0.2) is 62.7 Å². The Kier molecular flexibility index (Phi) is 10.7. The summed E-state index contributed by atoms with van der Waals surface area (Å²) < 4.78 is 32.3. The predicted molar refractivity (Wildman–Crippen MR) is 137 cm³/mol. The maximum absolute atomic E-state index is 13.5. The summed E-state index contributed by atoms with van der Waals surface area (Å²) in [5, 5.41) is 2.90. The average Bonchev–Trinajstić information content (AvgIpc) is 2.84. The zero-order valence-electron chi connectivity index (χ0n) is 21.3. The van der Waals surface area contributed by atoms with Gasteiger partial charge in [0.25, 0.3) is 0 Å². The summed E-state index contributed by atoms with van der Waals surface area (Å²) in [6.07, 6.45) is 2.17.